The Bertz CT molecular complexity index is 1120. The fraction of sp³-hybridized carbons (Fsp3) is 0. The number of nitrogens with zero attached hydrogens (tertiary/aromatic N) is 2. The molecule has 0 aliphatic rings. The highest BCUT2D eigenvalue weighted by molar-refractivity contribution is 6.36. The number of fused-ring (bicyclic) bond motifs is 1. The molecule has 6 heteroatoms. The monoisotopic (exact) mass is 383 g/mol. The third kappa shape index (κ3) is 3.34. The Hall–Kier alpha value is -2.69. The number of halogens is 3. The smallest absolute Gasteiger partial charge is 0.163 e. The van der Waals surface area contributed by atoms with Crippen LogP contribution in [0.4, 0.5) is 15.9 Å². The van der Waals surface area contributed by atoms with Crippen molar-refractivity contribution in [3.63, 3.8) is 0 Å². The van der Waals surface area contributed by atoms with Crippen LogP contribution >= 0.6 is 23.2 Å². The van der Waals surface area contributed by atoms with Crippen LogP contribution < -0.4 is 5.32 Å². The van der Waals surface area contributed by atoms with Crippen molar-refractivity contribution in [3.05, 3.63) is 82.6 Å². The van der Waals surface area contributed by atoms with Crippen molar-refractivity contribution in [2.24, 2.45) is 0 Å². The fourth-order valence-corrected chi connectivity index (χ4v) is 3.16. The van der Waals surface area contributed by atoms with Gasteiger partial charge in [0.2, 0.25) is 0 Å². The van der Waals surface area contributed by atoms with Gasteiger partial charge in [0, 0.05) is 21.7 Å². The van der Waals surface area contributed by atoms with Gasteiger partial charge in [0.15, 0.2) is 5.82 Å². The fourth-order valence-electron chi connectivity index (χ4n) is 2.67. The van der Waals surface area contributed by atoms with E-state index in [1.54, 1.807) is 30.3 Å². The molecule has 0 unspecified atom stereocenters. The van der Waals surface area contributed by atoms with Crippen LogP contribution in [0.5, 0.6) is 0 Å². The summed E-state index contributed by atoms with van der Waals surface area (Å²) in [6, 6.07) is 19.0. The van der Waals surface area contributed by atoms with E-state index in [4.69, 9.17) is 23.2 Å². The van der Waals surface area contributed by atoms with E-state index < -0.39 is 0 Å². The topological polar surface area (TPSA) is 37.8 Å². The Balaban J connectivity index is 1.88. The third-order valence-corrected chi connectivity index (χ3v) is 4.41. The summed E-state index contributed by atoms with van der Waals surface area (Å²) in [6.45, 7) is 0. The van der Waals surface area contributed by atoms with Gasteiger partial charge in [-0.15, -0.1) is 0 Å². The van der Waals surface area contributed by atoms with Crippen LogP contribution in [0.1, 0.15) is 0 Å². The molecular formula is C20H12Cl2FN3. The van der Waals surface area contributed by atoms with E-state index in [-0.39, 0.29) is 5.82 Å². The molecule has 0 aliphatic heterocycles. The molecule has 0 atom stereocenters. The lowest BCUT2D eigenvalue weighted by Gasteiger charge is -2.12. The lowest BCUT2D eigenvalue weighted by molar-refractivity contribution is 0.628. The number of aromatic nitrogens is 2. The molecule has 0 amide bonds. The molecule has 1 N–H and O–H groups in total. The van der Waals surface area contributed by atoms with E-state index in [1.807, 2.05) is 24.3 Å². The van der Waals surface area contributed by atoms with Gasteiger partial charge in [-0.2, -0.15) is 0 Å². The zero-order valence-corrected chi connectivity index (χ0v) is 14.9. The zero-order valence-electron chi connectivity index (χ0n) is 13.4. The van der Waals surface area contributed by atoms with Crippen molar-refractivity contribution < 1.29 is 4.39 Å². The number of anilines is 2. The summed E-state index contributed by atoms with van der Waals surface area (Å²) in [7, 11) is 0. The van der Waals surface area contributed by atoms with Gasteiger partial charge in [0.1, 0.15) is 11.6 Å². The van der Waals surface area contributed by atoms with Gasteiger partial charge >= 0.3 is 0 Å². The second kappa shape index (κ2) is 6.90. The zero-order chi connectivity index (χ0) is 18.1. The Labute approximate surface area is 159 Å². The van der Waals surface area contributed by atoms with E-state index >= 15 is 0 Å². The first-order chi connectivity index (χ1) is 12.6. The standard InChI is InChI=1S/C20H12Cl2FN3/c21-12-8-9-15(17(22)10-12)19-25-18-7-2-1-6-16(18)20(26-19)24-14-5-3-4-13(23)11-14/h1-11H,(H,24,25,26). The quantitative estimate of drug-likeness (QED) is 0.439. The summed E-state index contributed by atoms with van der Waals surface area (Å²) in [6.07, 6.45) is 0. The van der Waals surface area contributed by atoms with E-state index in [0.29, 0.717) is 32.9 Å². The van der Waals surface area contributed by atoms with Gasteiger partial charge in [-0.05, 0) is 48.5 Å². The molecule has 3 aromatic carbocycles. The molecule has 26 heavy (non-hydrogen) atoms. The number of nitrogens with one attached hydrogen (secondary N) is 1. The summed E-state index contributed by atoms with van der Waals surface area (Å²) in [5.74, 6) is 0.709. The van der Waals surface area contributed by atoms with Crippen LogP contribution in [0.15, 0.2) is 66.7 Å². The van der Waals surface area contributed by atoms with Gasteiger partial charge in [-0.3, -0.25) is 0 Å². The minimum atomic E-state index is -0.325. The highest BCUT2D eigenvalue weighted by atomic mass is 35.5. The molecule has 0 saturated carbocycles. The molecule has 4 rings (SSSR count). The van der Waals surface area contributed by atoms with Gasteiger partial charge < -0.3 is 5.32 Å². The number of benzene rings is 3. The summed E-state index contributed by atoms with van der Waals surface area (Å²) >= 11 is 12.3. The minimum Gasteiger partial charge on any atom is -0.340 e. The molecule has 0 spiro atoms. The van der Waals surface area contributed by atoms with E-state index in [9.17, 15) is 4.39 Å². The molecule has 0 radical (unpaired) electrons. The van der Waals surface area contributed by atoms with Crippen molar-refractivity contribution in [2.75, 3.05) is 5.32 Å². The molecule has 0 bridgehead atoms. The van der Waals surface area contributed by atoms with Crippen LogP contribution in [0.3, 0.4) is 0 Å². The SMILES string of the molecule is Fc1cccc(Nc2nc(-c3ccc(Cl)cc3Cl)nc3ccccc23)c1. The van der Waals surface area contributed by atoms with Gasteiger partial charge in [0.25, 0.3) is 0 Å². The van der Waals surface area contributed by atoms with Crippen LogP contribution in [0.25, 0.3) is 22.3 Å². The average molecular weight is 384 g/mol. The molecule has 0 fully saturated rings. The van der Waals surface area contributed by atoms with Gasteiger partial charge in [-0.1, -0.05) is 41.4 Å². The van der Waals surface area contributed by atoms with Crippen molar-refractivity contribution in [1.29, 1.82) is 0 Å². The molecule has 128 valence electrons. The van der Waals surface area contributed by atoms with Crippen LogP contribution in [-0.4, -0.2) is 9.97 Å². The maximum atomic E-state index is 13.5. The van der Waals surface area contributed by atoms with Crippen molar-refractivity contribution in [3.8, 4) is 11.4 Å². The van der Waals surface area contributed by atoms with Crippen LogP contribution in [-0.2, 0) is 0 Å². The van der Waals surface area contributed by atoms with E-state index in [0.717, 1.165) is 10.9 Å². The Kier molecular flexibility index (Phi) is 4.45. The second-order valence-electron chi connectivity index (χ2n) is 5.67. The van der Waals surface area contributed by atoms with Crippen molar-refractivity contribution in [1.82, 2.24) is 9.97 Å². The summed E-state index contributed by atoms with van der Waals surface area (Å²) in [4.78, 5) is 9.22. The first kappa shape index (κ1) is 16.8. The maximum Gasteiger partial charge on any atom is 0.163 e. The molecular weight excluding hydrogens is 372 g/mol. The Morgan fingerprint density at radius 2 is 1.69 bits per heavy atom. The molecule has 1 heterocycles. The highest BCUT2D eigenvalue weighted by Crippen LogP contribution is 2.32. The lowest BCUT2D eigenvalue weighted by Crippen LogP contribution is -2.00. The van der Waals surface area contributed by atoms with Crippen molar-refractivity contribution in [2.45, 2.75) is 0 Å². The number of hydrogen-bond acceptors (Lipinski definition) is 3. The summed E-state index contributed by atoms with van der Waals surface area (Å²) in [5, 5.41) is 5.00. The van der Waals surface area contributed by atoms with E-state index in [2.05, 4.69) is 15.3 Å². The maximum absolute atomic E-state index is 13.5. The third-order valence-electron chi connectivity index (χ3n) is 3.86. The Morgan fingerprint density at radius 3 is 2.50 bits per heavy atom. The van der Waals surface area contributed by atoms with Crippen LogP contribution in [0.2, 0.25) is 10.0 Å². The van der Waals surface area contributed by atoms with Gasteiger partial charge in [0.05, 0.1) is 10.5 Å². The molecule has 4 aromatic rings. The molecule has 0 saturated heterocycles. The number of rotatable bonds is 3. The largest absolute Gasteiger partial charge is 0.340 e. The summed E-state index contributed by atoms with van der Waals surface area (Å²) < 4.78 is 13.5. The normalized spacial score (nSPS) is 10.9. The van der Waals surface area contributed by atoms with Gasteiger partial charge in [-0.25, -0.2) is 14.4 Å². The second-order valence-corrected chi connectivity index (χ2v) is 6.52. The predicted molar refractivity (Wildman–Crippen MR) is 105 cm³/mol. The number of hydrogen-bond donors (Lipinski definition) is 1. The van der Waals surface area contributed by atoms with Crippen LogP contribution in [0, 0.1) is 5.82 Å². The highest BCUT2D eigenvalue weighted by Gasteiger charge is 2.12. The molecule has 1 aromatic heterocycles. The predicted octanol–water partition coefficient (Wildman–Crippen LogP) is 6.49. The first-order valence-electron chi connectivity index (χ1n) is 7.85. The van der Waals surface area contributed by atoms with Crippen molar-refractivity contribution >= 4 is 45.6 Å². The number of para-hydroxylation sites is 1. The van der Waals surface area contributed by atoms with E-state index in [1.165, 1.54) is 12.1 Å². The molecule has 0 aliphatic carbocycles. The lowest BCUT2D eigenvalue weighted by atomic mass is 10.1. The first-order valence-corrected chi connectivity index (χ1v) is 8.60. The molecule has 3 nitrogen and oxygen atoms in total. The Morgan fingerprint density at radius 1 is 0.846 bits per heavy atom. The summed E-state index contributed by atoms with van der Waals surface area (Å²) in [5.41, 5.74) is 2.02. The average Bonchev–Trinajstić information content (AvgIpc) is 2.61. The minimum absolute atomic E-state index is 0.325.